The smallest absolute Gasteiger partial charge is 0.338 e. The van der Waals surface area contributed by atoms with E-state index in [1.807, 2.05) is 38.1 Å². The lowest BCUT2D eigenvalue weighted by molar-refractivity contribution is -0.139. The van der Waals surface area contributed by atoms with Crippen molar-refractivity contribution in [2.75, 3.05) is 13.7 Å². The molecule has 1 aliphatic heterocycles. The van der Waals surface area contributed by atoms with Gasteiger partial charge in [0.1, 0.15) is 5.75 Å². The third kappa shape index (κ3) is 5.35. The Balaban J connectivity index is 1.93. The van der Waals surface area contributed by atoms with Crippen molar-refractivity contribution in [3.05, 3.63) is 83.0 Å². The van der Waals surface area contributed by atoms with Crippen LogP contribution in [0.1, 0.15) is 44.9 Å². The minimum Gasteiger partial charge on any atom is -0.504 e. The number of esters is 1. The predicted molar refractivity (Wildman–Crippen MR) is 145 cm³/mol. The van der Waals surface area contributed by atoms with Gasteiger partial charge < -0.3 is 19.3 Å². The number of aromatic hydroxyl groups is 1. The fourth-order valence-electron chi connectivity index (χ4n) is 4.11. The number of phenols is 1. The molecule has 1 atom stereocenters. The molecule has 0 spiro atoms. The lowest BCUT2D eigenvalue weighted by atomic mass is 9.96. The van der Waals surface area contributed by atoms with E-state index in [4.69, 9.17) is 14.2 Å². The summed E-state index contributed by atoms with van der Waals surface area (Å²) in [6, 6.07) is 9.89. The Morgan fingerprint density at radius 1 is 1.27 bits per heavy atom. The first-order chi connectivity index (χ1) is 17.6. The lowest BCUT2D eigenvalue weighted by Crippen LogP contribution is -2.39. The average Bonchev–Trinajstić information content (AvgIpc) is 3.14. The molecule has 0 saturated heterocycles. The lowest BCUT2D eigenvalue weighted by Gasteiger charge is -2.25. The van der Waals surface area contributed by atoms with E-state index in [-0.39, 0.29) is 29.8 Å². The van der Waals surface area contributed by atoms with Crippen LogP contribution in [0.5, 0.6) is 17.2 Å². The van der Waals surface area contributed by atoms with Crippen LogP contribution < -0.4 is 24.4 Å². The van der Waals surface area contributed by atoms with Gasteiger partial charge in [0, 0.05) is 10.0 Å². The van der Waals surface area contributed by atoms with Gasteiger partial charge in [-0.2, -0.15) is 0 Å². The zero-order valence-corrected chi connectivity index (χ0v) is 23.5. The van der Waals surface area contributed by atoms with Crippen LogP contribution in [-0.2, 0) is 9.53 Å². The molecule has 10 heteroatoms. The van der Waals surface area contributed by atoms with Crippen molar-refractivity contribution in [1.29, 1.82) is 0 Å². The van der Waals surface area contributed by atoms with Crippen LogP contribution in [0.4, 0.5) is 0 Å². The maximum absolute atomic E-state index is 13.8. The molecule has 1 N–H and O–H groups in total. The van der Waals surface area contributed by atoms with Crippen molar-refractivity contribution in [3.8, 4) is 17.2 Å². The van der Waals surface area contributed by atoms with Crippen molar-refractivity contribution < 1.29 is 24.1 Å². The number of carbonyl (C=O) groups is 1. The summed E-state index contributed by atoms with van der Waals surface area (Å²) >= 11 is 4.58. The monoisotopic (exact) mass is 586 g/mol. The Labute approximate surface area is 226 Å². The van der Waals surface area contributed by atoms with Gasteiger partial charge >= 0.3 is 5.97 Å². The van der Waals surface area contributed by atoms with Crippen molar-refractivity contribution in [1.82, 2.24) is 4.57 Å². The zero-order chi connectivity index (χ0) is 26.9. The van der Waals surface area contributed by atoms with E-state index in [1.165, 1.54) is 23.0 Å². The molecule has 4 rings (SSSR count). The van der Waals surface area contributed by atoms with Gasteiger partial charge in [0.05, 0.1) is 41.7 Å². The highest BCUT2D eigenvalue weighted by molar-refractivity contribution is 9.10. The van der Waals surface area contributed by atoms with Crippen LogP contribution in [0.2, 0.25) is 0 Å². The van der Waals surface area contributed by atoms with Gasteiger partial charge in [-0.15, -0.1) is 0 Å². The molecule has 0 fully saturated rings. The first-order valence-electron chi connectivity index (χ1n) is 11.7. The average molecular weight is 587 g/mol. The molecule has 8 nitrogen and oxygen atoms in total. The zero-order valence-electron chi connectivity index (χ0n) is 21.1. The first kappa shape index (κ1) is 26.7. The minimum atomic E-state index is -0.740. The quantitative estimate of drug-likeness (QED) is 0.419. The van der Waals surface area contributed by atoms with Crippen molar-refractivity contribution in [3.63, 3.8) is 0 Å². The molecule has 0 saturated carbocycles. The van der Waals surface area contributed by atoms with E-state index in [0.717, 1.165) is 0 Å². The fourth-order valence-corrected chi connectivity index (χ4v) is 5.60. The van der Waals surface area contributed by atoms with E-state index in [9.17, 15) is 14.7 Å². The Morgan fingerprint density at radius 2 is 1.97 bits per heavy atom. The van der Waals surface area contributed by atoms with E-state index in [1.54, 1.807) is 32.1 Å². The number of aromatic nitrogens is 1. The van der Waals surface area contributed by atoms with Crippen LogP contribution in [0.25, 0.3) is 6.08 Å². The van der Waals surface area contributed by atoms with Crippen LogP contribution in [0, 0.1) is 0 Å². The molecule has 2 aromatic carbocycles. The normalized spacial score (nSPS) is 15.4. The van der Waals surface area contributed by atoms with Gasteiger partial charge in [-0.25, -0.2) is 9.79 Å². The number of carbonyl (C=O) groups excluding carboxylic acids is 1. The summed E-state index contributed by atoms with van der Waals surface area (Å²) in [6.45, 7) is 7.54. The number of hydrogen-bond donors (Lipinski definition) is 1. The third-order valence-corrected chi connectivity index (χ3v) is 7.10. The molecule has 0 aliphatic carbocycles. The molecule has 1 aliphatic rings. The molecule has 1 aromatic heterocycles. The highest BCUT2D eigenvalue weighted by Crippen LogP contribution is 2.34. The van der Waals surface area contributed by atoms with Crippen LogP contribution in [0.3, 0.4) is 0 Å². The van der Waals surface area contributed by atoms with Crippen LogP contribution in [-0.4, -0.2) is 35.5 Å². The van der Waals surface area contributed by atoms with Gasteiger partial charge in [0.2, 0.25) is 0 Å². The number of thiazole rings is 1. The standard InChI is InChI=1S/C27H27BrN2O6S/c1-6-35-26(33)22-15(4)29-27-30(23(22)16-7-9-19(10-8-16)36-14(2)3)25(32)21(37-27)12-17-11-18(28)13-20(34-5)24(17)31/h7-14,23,31H,6H2,1-5H3/b21-12+/t23-/m1/s1. The van der Waals surface area contributed by atoms with Gasteiger partial charge in [-0.3, -0.25) is 9.36 Å². The number of hydrogen-bond acceptors (Lipinski definition) is 8. The maximum atomic E-state index is 13.8. The SMILES string of the molecule is CCOC(=O)C1=C(C)N=c2s/c(=C/c3cc(Br)cc(OC)c3O)c(=O)n2[C@@H]1c1ccc(OC(C)C)cc1. The van der Waals surface area contributed by atoms with Crippen molar-refractivity contribution in [2.45, 2.75) is 39.8 Å². The van der Waals surface area contributed by atoms with Gasteiger partial charge in [-0.05, 0) is 63.6 Å². The summed E-state index contributed by atoms with van der Waals surface area (Å²) in [5.74, 6) is 0.344. The fraction of sp³-hybridized carbons (Fsp3) is 0.296. The highest BCUT2D eigenvalue weighted by Gasteiger charge is 2.33. The molecule has 0 bridgehead atoms. The van der Waals surface area contributed by atoms with Gasteiger partial charge in [-0.1, -0.05) is 39.4 Å². The molecular formula is C27H27BrN2O6S. The summed E-state index contributed by atoms with van der Waals surface area (Å²) in [7, 11) is 1.45. The molecule has 37 heavy (non-hydrogen) atoms. The second-order valence-electron chi connectivity index (χ2n) is 8.58. The van der Waals surface area contributed by atoms with Gasteiger partial charge in [0.25, 0.3) is 5.56 Å². The molecule has 3 aromatic rings. The Morgan fingerprint density at radius 3 is 2.59 bits per heavy atom. The number of ether oxygens (including phenoxy) is 3. The van der Waals surface area contributed by atoms with E-state index >= 15 is 0 Å². The first-order valence-corrected chi connectivity index (χ1v) is 13.3. The largest absolute Gasteiger partial charge is 0.504 e. The summed E-state index contributed by atoms with van der Waals surface area (Å²) in [5, 5.41) is 10.6. The maximum Gasteiger partial charge on any atom is 0.338 e. The molecule has 0 radical (unpaired) electrons. The summed E-state index contributed by atoms with van der Waals surface area (Å²) in [5.41, 5.74) is 1.55. The molecule has 2 heterocycles. The number of allylic oxidation sites excluding steroid dienone is 1. The number of rotatable bonds is 7. The van der Waals surface area contributed by atoms with Crippen molar-refractivity contribution >= 4 is 39.3 Å². The Hall–Kier alpha value is -3.37. The summed E-state index contributed by atoms with van der Waals surface area (Å²) in [4.78, 5) is 31.8. The number of benzene rings is 2. The van der Waals surface area contributed by atoms with E-state index in [0.29, 0.717) is 42.0 Å². The number of phenolic OH excluding ortho intramolecular Hbond substituents is 1. The third-order valence-electron chi connectivity index (χ3n) is 5.66. The number of nitrogens with zero attached hydrogens (tertiary/aromatic N) is 2. The predicted octanol–water partition coefficient (Wildman–Crippen LogP) is 4.06. The number of methoxy groups -OCH3 is 1. The van der Waals surface area contributed by atoms with E-state index in [2.05, 4.69) is 20.9 Å². The second-order valence-corrected chi connectivity index (χ2v) is 10.5. The van der Waals surface area contributed by atoms with Gasteiger partial charge in [0.15, 0.2) is 16.3 Å². The summed E-state index contributed by atoms with van der Waals surface area (Å²) in [6.07, 6.45) is 1.60. The van der Waals surface area contributed by atoms with Crippen molar-refractivity contribution in [2.24, 2.45) is 4.99 Å². The topological polar surface area (TPSA) is 99.4 Å². The second kappa shape index (κ2) is 10.9. The highest BCUT2D eigenvalue weighted by atomic mass is 79.9. The van der Waals surface area contributed by atoms with E-state index < -0.39 is 12.0 Å². The molecule has 0 unspecified atom stereocenters. The molecular weight excluding hydrogens is 560 g/mol. The van der Waals surface area contributed by atoms with Crippen LogP contribution in [0.15, 0.2) is 61.9 Å². The Bertz CT molecular complexity index is 1550. The summed E-state index contributed by atoms with van der Waals surface area (Å²) < 4.78 is 18.9. The molecule has 0 amide bonds. The number of fused-ring (bicyclic) bond motifs is 1. The van der Waals surface area contributed by atoms with Crippen LogP contribution >= 0.6 is 27.3 Å². The Kier molecular flexibility index (Phi) is 7.89. The molecule has 194 valence electrons. The number of halogens is 1. The minimum absolute atomic E-state index is 0.00817.